The molecule has 7 heteroatoms. The van der Waals surface area contributed by atoms with Gasteiger partial charge in [-0.25, -0.2) is 0 Å². The van der Waals surface area contributed by atoms with E-state index in [9.17, 15) is 4.79 Å². The van der Waals surface area contributed by atoms with Gasteiger partial charge in [0.25, 0.3) is 0 Å². The first-order chi connectivity index (χ1) is 12.6. The van der Waals surface area contributed by atoms with Crippen LogP contribution in [0.4, 0.5) is 10.8 Å². The molecule has 0 aliphatic heterocycles. The van der Waals surface area contributed by atoms with Gasteiger partial charge in [0, 0.05) is 12.2 Å². The highest BCUT2D eigenvalue weighted by atomic mass is 32.2. The molecule has 3 rings (SSSR count). The molecule has 5 nitrogen and oxygen atoms in total. The van der Waals surface area contributed by atoms with Gasteiger partial charge < -0.3 is 10.6 Å². The Morgan fingerprint density at radius 3 is 2.65 bits per heavy atom. The van der Waals surface area contributed by atoms with Crippen molar-refractivity contribution >= 4 is 39.8 Å². The fourth-order valence-corrected chi connectivity index (χ4v) is 3.85. The Morgan fingerprint density at radius 1 is 1.08 bits per heavy atom. The van der Waals surface area contributed by atoms with Gasteiger partial charge in [-0.2, -0.15) is 0 Å². The summed E-state index contributed by atoms with van der Waals surface area (Å²) in [5.41, 5.74) is 4.46. The molecule has 0 saturated heterocycles. The van der Waals surface area contributed by atoms with E-state index in [2.05, 4.69) is 20.8 Å². The third-order valence-corrected chi connectivity index (χ3v) is 5.58. The lowest BCUT2D eigenvalue weighted by Crippen LogP contribution is -2.24. The molecular formula is C19H20N4OS2. The van der Waals surface area contributed by atoms with Crippen molar-refractivity contribution in [3.63, 3.8) is 0 Å². The molecule has 1 heterocycles. The topological polar surface area (TPSA) is 66.9 Å². The number of hydrogen-bond donors (Lipinski definition) is 2. The predicted octanol–water partition coefficient (Wildman–Crippen LogP) is 4.31. The first-order valence-electron chi connectivity index (χ1n) is 8.21. The van der Waals surface area contributed by atoms with Crippen molar-refractivity contribution < 1.29 is 4.79 Å². The van der Waals surface area contributed by atoms with Gasteiger partial charge in [-0.3, -0.25) is 4.79 Å². The summed E-state index contributed by atoms with van der Waals surface area (Å²) in [6.45, 7) is 4.63. The quantitative estimate of drug-likeness (QED) is 0.594. The number of anilines is 2. The molecule has 0 radical (unpaired) electrons. The van der Waals surface area contributed by atoms with Crippen LogP contribution in [0.2, 0.25) is 0 Å². The zero-order valence-electron chi connectivity index (χ0n) is 14.7. The minimum Gasteiger partial charge on any atom is -0.351 e. The number of aromatic nitrogens is 2. The summed E-state index contributed by atoms with van der Waals surface area (Å²) in [7, 11) is 0. The third-order valence-electron chi connectivity index (χ3n) is 3.61. The van der Waals surface area contributed by atoms with E-state index >= 15 is 0 Å². The lowest BCUT2D eigenvalue weighted by atomic mass is 10.1. The van der Waals surface area contributed by atoms with Crippen LogP contribution in [0.3, 0.4) is 0 Å². The Balaban J connectivity index is 1.45. The van der Waals surface area contributed by atoms with Crippen molar-refractivity contribution in [2.45, 2.75) is 24.7 Å². The zero-order chi connectivity index (χ0) is 18.4. The summed E-state index contributed by atoms with van der Waals surface area (Å²) in [6, 6.07) is 16.2. The standard InChI is InChI=1S/C19H20N4OS2/c1-13-6-8-15(9-7-13)11-20-17(24)12-25-19-23-22-18(26-19)21-16-5-3-4-14(2)10-16/h3-10H,11-12H2,1-2H3,(H,20,24)(H,21,22). The van der Waals surface area contributed by atoms with Gasteiger partial charge in [0.1, 0.15) is 0 Å². The highest BCUT2D eigenvalue weighted by molar-refractivity contribution is 8.01. The summed E-state index contributed by atoms with van der Waals surface area (Å²) >= 11 is 2.83. The molecule has 2 aromatic carbocycles. The SMILES string of the molecule is Cc1ccc(CNC(=O)CSc2nnc(Nc3cccc(C)c3)s2)cc1. The fraction of sp³-hybridized carbons (Fsp3) is 0.211. The highest BCUT2D eigenvalue weighted by Crippen LogP contribution is 2.27. The van der Waals surface area contributed by atoms with E-state index in [1.807, 2.05) is 62.4 Å². The molecule has 1 amide bonds. The van der Waals surface area contributed by atoms with E-state index in [0.29, 0.717) is 12.3 Å². The second kappa shape index (κ2) is 8.82. The number of nitrogens with one attached hydrogen (secondary N) is 2. The minimum absolute atomic E-state index is 0.0148. The smallest absolute Gasteiger partial charge is 0.230 e. The molecule has 0 fully saturated rings. The molecule has 3 aromatic rings. The summed E-state index contributed by atoms with van der Waals surface area (Å²) in [6.07, 6.45) is 0. The summed E-state index contributed by atoms with van der Waals surface area (Å²) < 4.78 is 0.769. The summed E-state index contributed by atoms with van der Waals surface area (Å²) in [5, 5.41) is 15.1. The molecule has 0 saturated carbocycles. The van der Waals surface area contributed by atoms with Crippen molar-refractivity contribution in [2.75, 3.05) is 11.1 Å². The van der Waals surface area contributed by atoms with Crippen LogP contribution in [0.5, 0.6) is 0 Å². The normalized spacial score (nSPS) is 10.5. The van der Waals surface area contributed by atoms with Crippen LogP contribution in [-0.2, 0) is 11.3 Å². The monoisotopic (exact) mass is 384 g/mol. The van der Waals surface area contributed by atoms with Crippen LogP contribution in [0, 0.1) is 13.8 Å². The van der Waals surface area contributed by atoms with Crippen LogP contribution < -0.4 is 10.6 Å². The maximum atomic E-state index is 12.0. The molecule has 2 N–H and O–H groups in total. The molecule has 0 bridgehead atoms. The largest absolute Gasteiger partial charge is 0.351 e. The van der Waals surface area contributed by atoms with Gasteiger partial charge in [-0.1, -0.05) is 65.1 Å². The average Bonchev–Trinajstić information content (AvgIpc) is 3.07. The molecular weight excluding hydrogens is 364 g/mol. The molecule has 134 valence electrons. The van der Waals surface area contributed by atoms with Crippen molar-refractivity contribution in [2.24, 2.45) is 0 Å². The second-order valence-electron chi connectivity index (χ2n) is 5.92. The van der Waals surface area contributed by atoms with Gasteiger partial charge in [0.15, 0.2) is 4.34 Å². The number of amides is 1. The Kier molecular flexibility index (Phi) is 6.25. The van der Waals surface area contributed by atoms with Gasteiger partial charge in [0.05, 0.1) is 5.75 Å². The van der Waals surface area contributed by atoms with Crippen molar-refractivity contribution in [3.05, 3.63) is 65.2 Å². The van der Waals surface area contributed by atoms with Crippen LogP contribution in [0.1, 0.15) is 16.7 Å². The van der Waals surface area contributed by atoms with E-state index in [0.717, 1.165) is 20.7 Å². The molecule has 26 heavy (non-hydrogen) atoms. The predicted molar refractivity (Wildman–Crippen MR) is 108 cm³/mol. The highest BCUT2D eigenvalue weighted by Gasteiger charge is 2.08. The molecule has 0 aliphatic rings. The maximum Gasteiger partial charge on any atom is 0.230 e. The Hall–Kier alpha value is -2.38. The van der Waals surface area contributed by atoms with Crippen molar-refractivity contribution in [3.8, 4) is 0 Å². The number of carbonyl (C=O) groups is 1. The van der Waals surface area contributed by atoms with Gasteiger partial charge >= 0.3 is 0 Å². The number of rotatable bonds is 7. The number of thioether (sulfide) groups is 1. The average molecular weight is 385 g/mol. The molecule has 0 unspecified atom stereocenters. The van der Waals surface area contributed by atoms with Gasteiger partial charge in [-0.15, -0.1) is 10.2 Å². The summed E-state index contributed by atoms with van der Waals surface area (Å²) in [5.74, 6) is 0.310. The Morgan fingerprint density at radius 2 is 1.88 bits per heavy atom. The zero-order valence-corrected chi connectivity index (χ0v) is 16.3. The first-order valence-corrected chi connectivity index (χ1v) is 10.0. The van der Waals surface area contributed by atoms with Crippen molar-refractivity contribution in [1.29, 1.82) is 0 Å². The van der Waals surface area contributed by atoms with E-state index in [4.69, 9.17) is 0 Å². The molecule has 0 atom stereocenters. The van der Waals surface area contributed by atoms with Gasteiger partial charge in [-0.05, 0) is 37.1 Å². The molecule has 1 aromatic heterocycles. The fourth-order valence-electron chi connectivity index (χ4n) is 2.25. The maximum absolute atomic E-state index is 12.0. The molecule has 0 spiro atoms. The van der Waals surface area contributed by atoms with Crippen LogP contribution in [-0.4, -0.2) is 21.9 Å². The van der Waals surface area contributed by atoms with E-state index in [-0.39, 0.29) is 5.91 Å². The second-order valence-corrected chi connectivity index (χ2v) is 8.12. The first kappa shape index (κ1) is 18.4. The number of carbonyl (C=O) groups excluding carboxylic acids is 1. The third kappa shape index (κ3) is 5.57. The minimum atomic E-state index is -0.0148. The lowest BCUT2D eigenvalue weighted by molar-refractivity contribution is -0.118. The van der Waals surface area contributed by atoms with Crippen LogP contribution >= 0.6 is 23.1 Å². The van der Waals surface area contributed by atoms with E-state index in [1.54, 1.807) is 0 Å². The number of nitrogens with zero attached hydrogens (tertiary/aromatic N) is 2. The van der Waals surface area contributed by atoms with Gasteiger partial charge in [0.2, 0.25) is 11.0 Å². The Labute approximate surface area is 161 Å². The Bertz CT molecular complexity index is 877. The number of aryl methyl sites for hydroxylation is 2. The van der Waals surface area contributed by atoms with E-state index < -0.39 is 0 Å². The lowest BCUT2D eigenvalue weighted by Gasteiger charge is -2.04. The van der Waals surface area contributed by atoms with E-state index in [1.165, 1.54) is 34.2 Å². The summed E-state index contributed by atoms with van der Waals surface area (Å²) in [4.78, 5) is 12.0. The van der Waals surface area contributed by atoms with Crippen LogP contribution in [0.25, 0.3) is 0 Å². The number of hydrogen-bond acceptors (Lipinski definition) is 6. The van der Waals surface area contributed by atoms with Crippen molar-refractivity contribution in [1.82, 2.24) is 15.5 Å². The molecule has 0 aliphatic carbocycles. The number of benzene rings is 2. The van der Waals surface area contributed by atoms with Crippen LogP contribution in [0.15, 0.2) is 52.9 Å².